The predicted molar refractivity (Wildman–Crippen MR) is 72.5 cm³/mol. The Hall–Kier alpha value is -2.34. The summed E-state index contributed by atoms with van der Waals surface area (Å²) in [6.07, 6.45) is 2.35. The van der Waals surface area contributed by atoms with Gasteiger partial charge in [0, 0.05) is 18.9 Å². The number of methoxy groups -OCH3 is 1. The molecule has 0 fully saturated rings. The lowest BCUT2D eigenvalue weighted by atomic mass is 10.00. The number of imidazole rings is 1. The number of hydrogen-bond acceptors (Lipinski definition) is 5. The van der Waals surface area contributed by atoms with Gasteiger partial charge in [0.05, 0.1) is 18.5 Å². The van der Waals surface area contributed by atoms with E-state index in [2.05, 4.69) is 10.3 Å². The zero-order chi connectivity index (χ0) is 14.1. The number of aliphatic hydroxyl groups excluding tert-OH is 1. The fourth-order valence-electron chi connectivity index (χ4n) is 2.45. The van der Waals surface area contributed by atoms with E-state index in [0.717, 1.165) is 11.4 Å². The van der Waals surface area contributed by atoms with Crippen LogP contribution in [-0.2, 0) is 9.53 Å². The monoisotopic (exact) mass is 273 g/mol. The van der Waals surface area contributed by atoms with Crippen molar-refractivity contribution in [3.8, 4) is 5.69 Å². The topological polar surface area (TPSA) is 76.4 Å². The average molecular weight is 273 g/mol. The van der Waals surface area contributed by atoms with Crippen molar-refractivity contribution >= 4 is 11.7 Å². The molecule has 2 N–H and O–H groups in total. The Bertz CT molecular complexity index is 638. The number of nitrogens with one attached hydrogen (secondary N) is 1. The van der Waals surface area contributed by atoms with E-state index in [1.54, 1.807) is 17.0 Å². The number of carbonyl (C=O) groups excluding carboxylic acids is 1. The van der Waals surface area contributed by atoms with Gasteiger partial charge in [0.15, 0.2) is 0 Å². The van der Waals surface area contributed by atoms with Gasteiger partial charge < -0.3 is 15.2 Å². The highest BCUT2D eigenvalue weighted by atomic mass is 16.5. The van der Waals surface area contributed by atoms with E-state index < -0.39 is 18.0 Å². The summed E-state index contributed by atoms with van der Waals surface area (Å²) >= 11 is 0. The van der Waals surface area contributed by atoms with Crippen LogP contribution in [0.2, 0.25) is 0 Å². The Morgan fingerprint density at radius 3 is 3.10 bits per heavy atom. The molecule has 1 aliphatic heterocycles. The van der Waals surface area contributed by atoms with Gasteiger partial charge in [-0.2, -0.15) is 0 Å². The maximum absolute atomic E-state index is 11.8. The molecule has 0 amide bonds. The Kier molecular flexibility index (Phi) is 3.15. The quantitative estimate of drug-likeness (QED) is 0.761. The molecule has 6 nitrogen and oxygen atoms in total. The summed E-state index contributed by atoms with van der Waals surface area (Å²) in [5.41, 5.74) is 1.77. The SMILES string of the molecule is COC(=O)[C@H]1CNc2ccccc2-n2ccnc2[C@@H]1O. The molecule has 20 heavy (non-hydrogen) atoms. The second kappa shape index (κ2) is 4.97. The van der Waals surface area contributed by atoms with Gasteiger partial charge in [0.1, 0.15) is 17.8 Å². The number of para-hydroxylation sites is 2. The first-order chi connectivity index (χ1) is 9.72. The summed E-state index contributed by atoms with van der Waals surface area (Å²) in [6, 6.07) is 7.67. The number of aromatic nitrogens is 2. The van der Waals surface area contributed by atoms with Gasteiger partial charge in [-0.15, -0.1) is 0 Å². The maximum atomic E-state index is 11.8. The van der Waals surface area contributed by atoms with Gasteiger partial charge in [-0.3, -0.25) is 9.36 Å². The van der Waals surface area contributed by atoms with E-state index in [9.17, 15) is 9.90 Å². The number of nitrogens with zero attached hydrogens (tertiary/aromatic N) is 2. The van der Waals surface area contributed by atoms with Crippen molar-refractivity contribution in [3.63, 3.8) is 0 Å². The highest BCUT2D eigenvalue weighted by Crippen LogP contribution is 2.30. The summed E-state index contributed by atoms with van der Waals surface area (Å²) in [5.74, 6) is -0.720. The first-order valence-corrected chi connectivity index (χ1v) is 6.35. The lowest BCUT2D eigenvalue weighted by Gasteiger charge is -2.26. The summed E-state index contributed by atoms with van der Waals surface area (Å²) in [5, 5.41) is 13.6. The minimum absolute atomic E-state index is 0.289. The number of aliphatic hydroxyl groups is 1. The second-order valence-corrected chi connectivity index (χ2v) is 4.63. The van der Waals surface area contributed by atoms with Gasteiger partial charge in [-0.25, -0.2) is 4.98 Å². The second-order valence-electron chi connectivity index (χ2n) is 4.63. The molecule has 2 aromatic rings. The van der Waals surface area contributed by atoms with E-state index in [-0.39, 0.29) is 6.54 Å². The molecule has 0 unspecified atom stereocenters. The number of esters is 1. The highest BCUT2D eigenvalue weighted by molar-refractivity contribution is 5.75. The normalized spacial score (nSPS) is 20.9. The Balaban J connectivity index is 2.12. The Morgan fingerprint density at radius 2 is 2.30 bits per heavy atom. The van der Waals surface area contributed by atoms with Crippen LogP contribution in [0.4, 0.5) is 5.69 Å². The van der Waals surface area contributed by atoms with Crippen LogP contribution in [0.1, 0.15) is 11.9 Å². The third-order valence-electron chi connectivity index (χ3n) is 3.49. The number of hydrogen-bond donors (Lipinski definition) is 2. The molecule has 1 aliphatic rings. The molecule has 6 heteroatoms. The molecule has 2 atom stereocenters. The lowest BCUT2D eigenvalue weighted by molar-refractivity contribution is -0.149. The van der Waals surface area contributed by atoms with Crippen molar-refractivity contribution in [1.29, 1.82) is 0 Å². The number of ether oxygens (including phenoxy) is 1. The van der Waals surface area contributed by atoms with Crippen molar-refractivity contribution in [2.75, 3.05) is 19.0 Å². The molecule has 0 spiro atoms. The number of benzene rings is 1. The minimum Gasteiger partial charge on any atom is -0.469 e. The van der Waals surface area contributed by atoms with Crippen molar-refractivity contribution in [3.05, 3.63) is 42.5 Å². The van der Waals surface area contributed by atoms with Gasteiger partial charge in [-0.05, 0) is 12.1 Å². The molecule has 104 valence electrons. The molecule has 1 aromatic carbocycles. The zero-order valence-corrected chi connectivity index (χ0v) is 11.0. The number of fused-ring (bicyclic) bond motifs is 3. The van der Waals surface area contributed by atoms with Crippen molar-refractivity contribution in [2.24, 2.45) is 5.92 Å². The van der Waals surface area contributed by atoms with E-state index >= 15 is 0 Å². The van der Waals surface area contributed by atoms with Gasteiger partial charge in [0.25, 0.3) is 0 Å². The Morgan fingerprint density at radius 1 is 1.50 bits per heavy atom. The van der Waals surface area contributed by atoms with Crippen LogP contribution in [0.25, 0.3) is 5.69 Å². The number of carbonyl (C=O) groups is 1. The van der Waals surface area contributed by atoms with Crippen molar-refractivity contribution in [1.82, 2.24) is 9.55 Å². The summed E-state index contributed by atoms with van der Waals surface area (Å²) in [7, 11) is 1.31. The van der Waals surface area contributed by atoms with E-state index in [4.69, 9.17) is 4.74 Å². The van der Waals surface area contributed by atoms with E-state index in [1.165, 1.54) is 7.11 Å². The predicted octanol–water partition coefficient (Wildman–Crippen LogP) is 1.12. The third-order valence-corrected chi connectivity index (χ3v) is 3.49. The fraction of sp³-hybridized carbons (Fsp3) is 0.286. The summed E-state index contributed by atoms with van der Waals surface area (Å²) in [6.45, 7) is 0.289. The molecule has 0 aliphatic carbocycles. The smallest absolute Gasteiger partial charge is 0.313 e. The Labute approximate surface area is 116 Å². The molecule has 2 heterocycles. The van der Waals surface area contributed by atoms with Crippen LogP contribution in [0, 0.1) is 5.92 Å². The summed E-state index contributed by atoms with van der Waals surface area (Å²) < 4.78 is 6.54. The first kappa shape index (κ1) is 12.7. The molecule has 0 radical (unpaired) electrons. The lowest BCUT2D eigenvalue weighted by Crippen LogP contribution is -2.33. The highest BCUT2D eigenvalue weighted by Gasteiger charge is 2.33. The molecule has 0 saturated carbocycles. The maximum Gasteiger partial charge on any atom is 0.313 e. The van der Waals surface area contributed by atoms with Crippen LogP contribution in [0.15, 0.2) is 36.7 Å². The van der Waals surface area contributed by atoms with Crippen LogP contribution in [0.5, 0.6) is 0 Å². The summed E-state index contributed by atoms with van der Waals surface area (Å²) in [4.78, 5) is 16.0. The van der Waals surface area contributed by atoms with Crippen LogP contribution < -0.4 is 5.32 Å². The van der Waals surface area contributed by atoms with Gasteiger partial charge in [-0.1, -0.05) is 12.1 Å². The van der Waals surface area contributed by atoms with Crippen LogP contribution in [-0.4, -0.2) is 34.3 Å². The van der Waals surface area contributed by atoms with Crippen molar-refractivity contribution in [2.45, 2.75) is 6.10 Å². The molecule has 0 saturated heterocycles. The minimum atomic E-state index is -1.02. The number of rotatable bonds is 1. The zero-order valence-electron chi connectivity index (χ0n) is 11.0. The van der Waals surface area contributed by atoms with Gasteiger partial charge >= 0.3 is 5.97 Å². The van der Waals surface area contributed by atoms with Crippen LogP contribution >= 0.6 is 0 Å². The van der Waals surface area contributed by atoms with Gasteiger partial charge in [0.2, 0.25) is 0 Å². The van der Waals surface area contributed by atoms with Crippen molar-refractivity contribution < 1.29 is 14.6 Å². The first-order valence-electron chi connectivity index (χ1n) is 6.35. The molecule has 1 aromatic heterocycles. The third kappa shape index (κ3) is 1.94. The standard InChI is InChI=1S/C14H15N3O3/c1-20-14(19)9-8-16-10-4-2-3-5-11(10)17-7-6-15-13(17)12(9)18/h2-7,9,12,16,18H,8H2,1H3/t9-,12+/m0/s1. The molecule has 0 bridgehead atoms. The average Bonchev–Trinajstić information content (AvgIpc) is 2.94. The largest absolute Gasteiger partial charge is 0.469 e. The van der Waals surface area contributed by atoms with E-state index in [0.29, 0.717) is 5.82 Å². The van der Waals surface area contributed by atoms with Crippen LogP contribution in [0.3, 0.4) is 0 Å². The molecular formula is C14H15N3O3. The fourth-order valence-corrected chi connectivity index (χ4v) is 2.45. The molecular weight excluding hydrogens is 258 g/mol. The van der Waals surface area contributed by atoms with E-state index in [1.807, 2.05) is 24.3 Å². The molecule has 3 rings (SSSR count). The number of anilines is 1.